The number of terminal acetylenes is 1. The molecule has 31 heavy (non-hydrogen) atoms. The van der Waals surface area contributed by atoms with Crippen LogP contribution in [0.3, 0.4) is 0 Å². The van der Waals surface area contributed by atoms with Gasteiger partial charge in [-0.3, -0.25) is 4.79 Å². The Morgan fingerprint density at radius 2 is 1.94 bits per heavy atom. The molecule has 4 rings (SSSR count). The predicted octanol–water partition coefficient (Wildman–Crippen LogP) is 4.55. The summed E-state index contributed by atoms with van der Waals surface area (Å²) in [6.45, 7) is 4.00. The Kier molecular flexibility index (Phi) is 8.16. The maximum atomic E-state index is 14.1. The summed E-state index contributed by atoms with van der Waals surface area (Å²) in [5.41, 5.74) is 9.28. The number of hydrogen-bond donors (Lipinski definition) is 2. The number of aromatic nitrogens is 2. The van der Waals surface area contributed by atoms with Crippen LogP contribution in [0.1, 0.15) is 49.0 Å². The third kappa shape index (κ3) is 5.02. The number of nitrogens with zero attached hydrogens (tertiary/aromatic N) is 3. The van der Waals surface area contributed by atoms with E-state index in [1.54, 1.807) is 16.6 Å². The van der Waals surface area contributed by atoms with Crippen LogP contribution in [-0.4, -0.2) is 27.7 Å². The minimum atomic E-state index is -0.952. The first kappa shape index (κ1) is 23.4. The van der Waals surface area contributed by atoms with Crippen LogP contribution in [0.4, 0.5) is 10.1 Å². The number of hydrogen-bond acceptors (Lipinski definition) is 4. The molecular formula is C24H26FN5O. The number of nitrogens with two attached hydrogens (primary N) is 1. The molecule has 2 heterocycles. The highest BCUT2D eigenvalue weighted by Gasteiger charge is 2.28. The van der Waals surface area contributed by atoms with Crippen LogP contribution >= 0.6 is 0 Å². The number of anilines is 1. The number of alkyl halides is 1. The number of amides is 1. The molecule has 0 unspecified atom stereocenters. The number of carbonyl (C=O) groups is 1. The summed E-state index contributed by atoms with van der Waals surface area (Å²) in [5.74, 6) is -0.609. The number of nitrogens with one attached hydrogen (secondary N) is 1. The Labute approximate surface area is 181 Å². The van der Waals surface area contributed by atoms with Crippen molar-refractivity contribution in [1.82, 2.24) is 9.61 Å². The second kappa shape index (κ2) is 10.8. The van der Waals surface area contributed by atoms with Gasteiger partial charge in [0.15, 0.2) is 0 Å². The first-order valence-corrected chi connectivity index (χ1v) is 10.1. The second-order valence-electron chi connectivity index (χ2n) is 6.74. The van der Waals surface area contributed by atoms with Crippen molar-refractivity contribution in [2.45, 2.75) is 45.3 Å². The minimum absolute atomic E-state index is 0.242. The molecule has 1 amide bonds. The van der Waals surface area contributed by atoms with Crippen molar-refractivity contribution < 1.29 is 9.18 Å². The van der Waals surface area contributed by atoms with Crippen LogP contribution in [0, 0.1) is 24.2 Å². The smallest absolute Gasteiger partial charge is 0.252 e. The summed E-state index contributed by atoms with van der Waals surface area (Å²) in [6.07, 6.45) is 12.3. The SMILES string of the molecule is C#C.CC.N#Cc1ccc(-c2cc3c(N[C@@H]4CCC[C@@H]4F)c(C(N)=O)cnn3c2)cc1. The van der Waals surface area contributed by atoms with Crippen molar-refractivity contribution in [3.63, 3.8) is 0 Å². The molecule has 2 atom stereocenters. The van der Waals surface area contributed by atoms with E-state index >= 15 is 0 Å². The molecule has 1 fully saturated rings. The maximum absolute atomic E-state index is 14.1. The molecule has 0 radical (unpaired) electrons. The topological polar surface area (TPSA) is 96.2 Å². The fraction of sp³-hybridized carbons (Fsp3) is 0.292. The first-order valence-electron chi connectivity index (χ1n) is 10.1. The van der Waals surface area contributed by atoms with Gasteiger partial charge >= 0.3 is 0 Å². The minimum Gasteiger partial charge on any atom is -0.377 e. The maximum Gasteiger partial charge on any atom is 0.252 e. The molecule has 0 bridgehead atoms. The van der Waals surface area contributed by atoms with Gasteiger partial charge in [-0.15, -0.1) is 12.8 Å². The molecule has 3 N–H and O–H groups in total. The van der Waals surface area contributed by atoms with E-state index in [9.17, 15) is 9.18 Å². The van der Waals surface area contributed by atoms with Crippen LogP contribution in [0.5, 0.6) is 0 Å². The number of carbonyl (C=O) groups excluding carboxylic acids is 1. The van der Waals surface area contributed by atoms with Crippen molar-refractivity contribution >= 4 is 17.1 Å². The molecular weight excluding hydrogens is 393 g/mol. The third-order valence-corrected chi connectivity index (χ3v) is 5.01. The van der Waals surface area contributed by atoms with E-state index in [-0.39, 0.29) is 11.6 Å². The van der Waals surface area contributed by atoms with E-state index in [2.05, 4.69) is 29.3 Å². The molecule has 1 aliphatic rings. The van der Waals surface area contributed by atoms with E-state index < -0.39 is 12.1 Å². The van der Waals surface area contributed by atoms with Crippen molar-refractivity contribution in [2.75, 3.05) is 5.32 Å². The summed E-state index contributed by atoms with van der Waals surface area (Å²) >= 11 is 0. The summed E-state index contributed by atoms with van der Waals surface area (Å²) < 4.78 is 15.8. The van der Waals surface area contributed by atoms with Gasteiger partial charge in [-0.25, -0.2) is 8.91 Å². The quantitative estimate of drug-likeness (QED) is 0.606. The molecule has 1 aromatic carbocycles. The normalized spacial score (nSPS) is 16.9. The first-order chi connectivity index (χ1) is 15.1. The molecule has 0 saturated heterocycles. The van der Waals surface area contributed by atoms with E-state index in [1.807, 2.05) is 38.2 Å². The van der Waals surface area contributed by atoms with E-state index in [0.29, 0.717) is 29.6 Å². The lowest BCUT2D eigenvalue weighted by Crippen LogP contribution is -2.27. The molecule has 160 valence electrons. The number of fused-ring (bicyclic) bond motifs is 1. The van der Waals surface area contributed by atoms with Gasteiger partial charge < -0.3 is 11.1 Å². The van der Waals surface area contributed by atoms with Gasteiger partial charge in [0.2, 0.25) is 0 Å². The van der Waals surface area contributed by atoms with Crippen molar-refractivity contribution in [2.24, 2.45) is 5.73 Å². The Bertz CT molecular complexity index is 1090. The number of nitriles is 1. The lowest BCUT2D eigenvalue weighted by atomic mass is 10.1. The molecule has 1 aliphatic carbocycles. The summed E-state index contributed by atoms with van der Waals surface area (Å²) in [6, 6.07) is 10.8. The summed E-state index contributed by atoms with van der Waals surface area (Å²) in [5, 5.41) is 16.4. The van der Waals surface area contributed by atoms with E-state index in [1.165, 1.54) is 6.20 Å². The van der Waals surface area contributed by atoms with Crippen molar-refractivity contribution in [3.8, 4) is 30.0 Å². The van der Waals surface area contributed by atoms with Gasteiger partial charge in [0.1, 0.15) is 6.17 Å². The number of rotatable bonds is 4. The van der Waals surface area contributed by atoms with Gasteiger partial charge in [0, 0.05) is 11.8 Å². The van der Waals surface area contributed by atoms with Crippen molar-refractivity contribution in [1.29, 1.82) is 5.26 Å². The van der Waals surface area contributed by atoms with Crippen LogP contribution in [-0.2, 0) is 0 Å². The highest BCUT2D eigenvalue weighted by Crippen LogP contribution is 2.32. The number of benzene rings is 1. The molecule has 7 heteroatoms. The molecule has 1 saturated carbocycles. The molecule has 3 aromatic rings. The predicted molar refractivity (Wildman–Crippen MR) is 121 cm³/mol. The Morgan fingerprint density at radius 1 is 1.26 bits per heavy atom. The fourth-order valence-corrected chi connectivity index (χ4v) is 3.55. The Balaban J connectivity index is 0.000000807. The second-order valence-corrected chi connectivity index (χ2v) is 6.74. The fourth-order valence-electron chi connectivity index (χ4n) is 3.55. The van der Waals surface area contributed by atoms with E-state index in [4.69, 9.17) is 11.0 Å². The third-order valence-electron chi connectivity index (χ3n) is 5.01. The van der Waals surface area contributed by atoms with Gasteiger partial charge in [-0.05, 0) is 43.0 Å². The number of primary amides is 1. The van der Waals surface area contributed by atoms with Gasteiger partial charge in [0.05, 0.1) is 40.6 Å². The average molecular weight is 420 g/mol. The van der Waals surface area contributed by atoms with Crippen LogP contribution in [0.2, 0.25) is 0 Å². The van der Waals surface area contributed by atoms with Crippen LogP contribution < -0.4 is 11.1 Å². The molecule has 6 nitrogen and oxygen atoms in total. The summed E-state index contributed by atoms with van der Waals surface area (Å²) in [7, 11) is 0. The summed E-state index contributed by atoms with van der Waals surface area (Å²) in [4.78, 5) is 11.9. The zero-order valence-electron chi connectivity index (χ0n) is 17.7. The Hall–Kier alpha value is -3.84. The zero-order chi connectivity index (χ0) is 23.0. The van der Waals surface area contributed by atoms with Gasteiger partial charge in [0.25, 0.3) is 5.91 Å². The molecule has 0 aliphatic heterocycles. The highest BCUT2D eigenvalue weighted by molar-refractivity contribution is 6.02. The highest BCUT2D eigenvalue weighted by atomic mass is 19.1. The molecule has 0 spiro atoms. The molecule has 2 aromatic heterocycles. The monoisotopic (exact) mass is 419 g/mol. The van der Waals surface area contributed by atoms with Crippen LogP contribution in [0.15, 0.2) is 42.7 Å². The van der Waals surface area contributed by atoms with Gasteiger partial charge in [-0.1, -0.05) is 26.0 Å². The lowest BCUT2D eigenvalue weighted by Gasteiger charge is -2.19. The standard InChI is InChI=1S/C20H18FN5O.C2H6.C2H2/c21-16-2-1-3-17(16)25-19-15(20(23)27)10-24-26-11-14(8-18(19)26)13-6-4-12(9-22)5-7-13;2*1-2/h4-8,10-11,16-17,25H,1-3H2,(H2,23,27);1-2H3;1-2H/t16-,17+;;/m0../s1. The van der Waals surface area contributed by atoms with Crippen LogP contribution in [0.25, 0.3) is 16.6 Å². The van der Waals surface area contributed by atoms with Crippen molar-refractivity contribution in [3.05, 3.63) is 53.9 Å². The largest absolute Gasteiger partial charge is 0.377 e. The zero-order valence-corrected chi connectivity index (χ0v) is 17.7. The average Bonchev–Trinajstić information content (AvgIpc) is 3.43. The lowest BCUT2D eigenvalue weighted by molar-refractivity contribution is 0.100. The van der Waals surface area contributed by atoms with Gasteiger partial charge in [-0.2, -0.15) is 10.4 Å². The Morgan fingerprint density at radius 3 is 2.48 bits per heavy atom. The number of halogens is 1. The van der Waals surface area contributed by atoms with E-state index in [0.717, 1.165) is 17.5 Å².